The van der Waals surface area contributed by atoms with Crippen LogP contribution >= 0.6 is 0 Å². The third-order valence-corrected chi connectivity index (χ3v) is 3.98. The van der Waals surface area contributed by atoms with Crippen molar-refractivity contribution in [3.8, 4) is 5.75 Å². The van der Waals surface area contributed by atoms with E-state index in [4.69, 9.17) is 10.5 Å². The SMILES string of the molecule is Cc1cccc(OCC(O)Cn2c(N)[n+](C)c3ccccc32)c1. The summed E-state index contributed by atoms with van der Waals surface area (Å²) >= 11 is 0. The van der Waals surface area contributed by atoms with Crippen LogP contribution < -0.4 is 15.0 Å². The summed E-state index contributed by atoms with van der Waals surface area (Å²) in [5.74, 6) is 1.38. The molecule has 5 nitrogen and oxygen atoms in total. The molecule has 0 amide bonds. The van der Waals surface area contributed by atoms with E-state index in [-0.39, 0.29) is 6.61 Å². The Morgan fingerprint density at radius 3 is 2.78 bits per heavy atom. The number of ether oxygens (including phenoxy) is 1. The molecule has 0 saturated carbocycles. The van der Waals surface area contributed by atoms with E-state index in [1.54, 1.807) is 0 Å². The summed E-state index contributed by atoms with van der Waals surface area (Å²) in [5.41, 5.74) is 9.33. The van der Waals surface area contributed by atoms with Gasteiger partial charge in [-0.3, -0.25) is 5.73 Å². The molecule has 1 aromatic heterocycles. The normalized spacial score (nSPS) is 12.5. The van der Waals surface area contributed by atoms with Crippen molar-refractivity contribution in [2.75, 3.05) is 12.3 Å². The van der Waals surface area contributed by atoms with E-state index >= 15 is 0 Å². The van der Waals surface area contributed by atoms with Gasteiger partial charge < -0.3 is 9.84 Å². The van der Waals surface area contributed by atoms with Crippen molar-refractivity contribution in [1.29, 1.82) is 0 Å². The summed E-state index contributed by atoms with van der Waals surface area (Å²) in [6, 6.07) is 15.7. The summed E-state index contributed by atoms with van der Waals surface area (Å²) in [4.78, 5) is 0. The number of hydrogen-bond acceptors (Lipinski definition) is 3. The molecule has 0 saturated heterocycles. The number of fused-ring (bicyclic) bond motifs is 1. The number of aromatic nitrogens is 2. The molecule has 0 spiro atoms. The van der Waals surface area contributed by atoms with Crippen LogP contribution in [0.5, 0.6) is 5.75 Å². The van der Waals surface area contributed by atoms with Gasteiger partial charge in [0.25, 0.3) is 0 Å². The molecule has 1 heterocycles. The van der Waals surface area contributed by atoms with Crippen LogP contribution in [0.1, 0.15) is 5.56 Å². The van der Waals surface area contributed by atoms with Crippen molar-refractivity contribution in [3.05, 3.63) is 54.1 Å². The van der Waals surface area contributed by atoms with Crippen LogP contribution in [0, 0.1) is 6.92 Å². The monoisotopic (exact) mass is 312 g/mol. The van der Waals surface area contributed by atoms with Crippen molar-refractivity contribution in [1.82, 2.24) is 4.57 Å². The minimum absolute atomic E-state index is 0.221. The summed E-state index contributed by atoms with van der Waals surface area (Å²) in [5, 5.41) is 10.3. The van der Waals surface area contributed by atoms with Gasteiger partial charge in [0.1, 0.15) is 36.0 Å². The van der Waals surface area contributed by atoms with Crippen molar-refractivity contribution in [2.24, 2.45) is 7.05 Å². The first-order valence-corrected chi connectivity index (χ1v) is 7.66. The largest absolute Gasteiger partial charge is 0.491 e. The standard InChI is InChI=1S/C18H21N3O2/c1-13-6-5-7-15(10-13)23-12-14(22)11-21-17-9-4-3-8-16(17)20(2)18(21)19/h3-10,14,19,22H,11-12H2,1-2H3/p+1. The lowest BCUT2D eigenvalue weighted by Gasteiger charge is -2.12. The van der Waals surface area contributed by atoms with E-state index in [9.17, 15) is 5.11 Å². The lowest BCUT2D eigenvalue weighted by atomic mass is 10.2. The van der Waals surface area contributed by atoms with Gasteiger partial charge in [-0.25, -0.2) is 9.13 Å². The van der Waals surface area contributed by atoms with Crippen LogP contribution in [0.3, 0.4) is 0 Å². The number of rotatable bonds is 5. The summed E-state index contributed by atoms with van der Waals surface area (Å²) < 4.78 is 9.50. The Morgan fingerprint density at radius 2 is 2.00 bits per heavy atom. The number of nitrogens with zero attached hydrogens (tertiary/aromatic N) is 2. The molecule has 120 valence electrons. The van der Waals surface area contributed by atoms with E-state index in [2.05, 4.69) is 0 Å². The van der Waals surface area contributed by atoms with Crippen LogP contribution in [0.15, 0.2) is 48.5 Å². The third kappa shape index (κ3) is 3.14. The van der Waals surface area contributed by atoms with Gasteiger partial charge in [-0.1, -0.05) is 24.3 Å². The first-order valence-electron chi connectivity index (χ1n) is 7.66. The van der Waals surface area contributed by atoms with Crippen molar-refractivity contribution >= 4 is 17.0 Å². The van der Waals surface area contributed by atoms with Crippen molar-refractivity contribution < 1.29 is 14.4 Å². The maximum Gasteiger partial charge on any atom is 0.355 e. The predicted octanol–water partition coefficient (Wildman–Crippen LogP) is 1.80. The Labute approximate surface area is 135 Å². The molecular weight excluding hydrogens is 290 g/mol. The van der Waals surface area contributed by atoms with Gasteiger partial charge in [0.05, 0.1) is 7.05 Å². The Bertz CT molecular complexity index is 826. The van der Waals surface area contributed by atoms with Crippen LogP contribution in [-0.4, -0.2) is 22.4 Å². The Balaban J connectivity index is 1.73. The molecule has 0 radical (unpaired) electrons. The lowest BCUT2D eigenvalue weighted by Crippen LogP contribution is -2.32. The molecule has 1 unspecified atom stereocenters. The quantitative estimate of drug-likeness (QED) is 0.706. The zero-order valence-corrected chi connectivity index (χ0v) is 13.4. The second kappa shape index (κ2) is 6.30. The van der Waals surface area contributed by atoms with Gasteiger partial charge in [0.15, 0.2) is 0 Å². The molecule has 2 aromatic carbocycles. The lowest BCUT2D eigenvalue weighted by molar-refractivity contribution is -0.630. The number of hydrogen-bond donors (Lipinski definition) is 2. The molecule has 23 heavy (non-hydrogen) atoms. The number of aliphatic hydroxyl groups excluding tert-OH is 1. The zero-order valence-electron chi connectivity index (χ0n) is 13.4. The molecular formula is C18H22N3O2+. The van der Waals surface area contributed by atoms with Gasteiger partial charge in [-0.2, -0.15) is 0 Å². The fraction of sp³-hybridized carbons (Fsp3) is 0.278. The molecule has 1 atom stereocenters. The number of para-hydroxylation sites is 2. The molecule has 5 heteroatoms. The first-order chi connectivity index (χ1) is 11.1. The average Bonchev–Trinajstić information content (AvgIpc) is 2.79. The van der Waals surface area contributed by atoms with Gasteiger partial charge in [-0.05, 0) is 36.8 Å². The average molecular weight is 312 g/mol. The molecule has 0 bridgehead atoms. The Kier molecular flexibility index (Phi) is 4.21. The van der Waals surface area contributed by atoms with E-state index in [1.165, 1.54) is 0 Å². The van der Waals surface area contributed by atoms with Crippen LogP contribution in [0.2, 0.25) is 0 Å². The highest BCUT2D eigenvalue weighted by atomic mass is 16.5. The van der Waals surface area contributed by atoms with E-state index in [0.29, 0.717) is 12.5 Å². The maximum absolute atomic E-state index is 10.3. The number of benzene rings is 2. The molecule has 3 aromatic rings. The van der Waals surface area contributed by atoms with E-state index in [0.717, 1.165) is 22.3 Å². The minimum Gasteiger partial charge on any atom is -0.491 e. The van der Waals surface area contributed by atoms with E-state index in [1.807, 2.05) is 71.6 Å². The van der Waals surface area contributed by atoms with Crippen molar-refractivity contribution in [3.63, 3.8) is 0 Å². The van der Waals surface area contributed by atoms with Crippen LogP contribution in [-0.2, 0) is 13.6 Å². The molecule has 0 fully saturated rings. The summed E-state index contributed by atoms with van der Waals surface area (Å²) in [6.07, 6.45) is -0.645. The minimum atomic E-state index is -0.645. The summed E-state index contributed by atoms with van der Waals surface area (Å²) in [6.45, 7) is 2.62. The topological polar surface area (TPSA) is 64.3 Å². The molecule has 3 N–H and O–H groups in total. The number of aliphatic hydroxyl groups is 1. The number of imidazole rings is 1. The predicted molar refractivity (Wildman–Crippen MR) is 90.2 cm³/mol. The fourth-order valence-corrected chi connectivity index (χ4v) is 2.76. The number of anilines is 1. The highest BCUT2D eigenvalue weighted by Gasteiger charge is 2.20. The smallest absolute Gasteiger partial charge is 0.355 e. The highest BCUT2D eigenvalue weighted by Crippen LogP contribution is 2.17. The Morgan fingerprint density at radius 1 is 1.22 bits per heavy atom. The van der Waals surface area contributed by atoms with E-state index < -0.39 is 6.10 Å². The second-order valence-electron chi connectivity index (χ2n) is 5.80. The van der Waals surface area contributed by atoms with Crippen molar-refractivity contribution in [2.45, 2.75) is 19.6 Å². The molecule has 0 aliphatic rings. The molecule has 3 rings (SSSR count). The Hall–Kier alpha value is -2.53. The number of aryl methyl sites for hydroxylation is 2. The van der Waals surface area contributed by atoms with Gasteiger partial charge in [0.2, 0.25) is 0 Å². The van der Waals surface area contributed by atoms with Gasteiger partial charge in [-0.15, -0.1) is 0 Å². The van der Waals surface area contributed by atoms with Crippen LogP contribution in [0.25, 0.3) is 11.0 Å². The number of nitrogen functional groups attached to an aromatic ring is 1. The van der Waals surface area contributed by atoms with Crippen LogP contribution in [0.4, 0.5) is 5.95 Å². The highest BCUT2D eigenvalue weighted by molar-refractivity contribution is 5.73. The summed E-state index contributed by atoms with van der Waals surface area (Å²) in [7, 11) is 1.92. The second-order valence-corrected chi connectivity index (χ2v) is 5.80. The fourth-order valence-electron chi connectivity index (χ4n) is 2.76. The zero-order chi connectivity index (χ0) is 16.4. The van der Waals surface area contributed by atoms with Gasteiger partial charge in [0, 0.05) is 0 Å². The number of nitrogens with two attached hydrogens (primary N) is 1. The van der Waals surface area contributed by atoms with Gasteiger partial charge >= 0.3 is 5.95 Å². The molecule has 0 aliphatic heterocycles. The third-order valence-electron chi connectivity index (χ3n) is 3.98. The molecule has 0 aliphatic carbocycles. The first kappa shape index (κ1) is 15.4. The maximum atomic E-state index is 10.3.